The van der Waals surface area contributed by atoms with Crippen LogP contribution < -0.4 is 10.6 Å². The zero-order valence-corrected chi connectivity index (χ0v) is 11.0. The number of nitrogen functional groups attached to an aromatic ring is 1. The molecule has 0 radical (unpaired) electrons. The van der Waals surface area contributed by atoms with Gasteiger partial charge in [0, 0.05) is 37.1 Å². The highest BCUT2D eigenvalue weighted by atomic mass is 16.5. The number of benzene rings is 1. The molecule has 0 spiro atoms. The van der Waals surface area contributed by atoms with E-state index in [1.165, 1.54) is 6.92 Å². The van der Waals surface area contributed by atoms with Gasteiger partial charge in [-0.25, -0.2) is 0 Å². The van der Waals surface area contributed by atoms with E-state index in [0.717, 1.165) is 31.6 Å². The fourth-order valence-corrected chi connectivity index (χ4v) is 2.43. The van der Waals surface area contributed by atoms with Crippen LogP contribution in [0.2, 0.25) is 0 Å². The van der Waals surface area contributed by atoms with Gasteiger partial charge in [-0.15, -0.1) is 0 Å². The van der Waals surface area contributed by atoms with Gasteiger partial charge in [0.25, 0.3) is 0 Å². The highest BCUT2D eigenvalue weighted by molar-refractivity contribution is 5.99. The number of nitrogens with two attached hydrogens (primary N) is 1. The molecule has 1 aromatic carbocycles. The molecule has 0 saturated carbocycles. The van der Waals surface area contributed by atoms with Crippen molar-refractivity contribution in [3.63, 3.8) is 0 Å². The number of ether oxygens (including phenoxy) is 1. The van der Waals surface area contributed by atoms with Crippen LogP contribution in [-0.4, -0.2) is 32.1 Å². The minimum atomic E-state index is 0.00691. The summed E-state index contributed by atoms with van der Waals surface area (Å²) in [5.74, 6) is 0.00691. The number of rotatable bonds is 3. The van der Waals surface area contributed by atoms with Gasteiger partial charge in [-0.1, -0.05) is 0 Å². The highest BCUT2D eigenvalue weighted by Gasteiger charge is 2.20. The molecule has 1 atom stereocenters. The number of carbonyl (C=O) groups is 1. The number of piperidine rings is 1. The summed E-state index contributed by atoms with van der Waals surface area (Å²) in [6.07, 6.45) is 2.51. The highest BCUT2D eigenvalue weighted by Crippen LogP contribution is 2.25. The molecular formula is C14H20N2O2. The maximum atomic E-state index is 11.3. The predicted molar refractivity (Wildman–Crippen MR) is 73.1 cm³/mol. The molecule has 0 aromatic heterocycles. The molecule has 1 aromatic rings. The molecule has 1 aliphatic heterocycles. The lowest BCUT2D eigenvalue weighted by atomic mass is 10.0. The lowest BCUT2D eigenvalue weighted by molar-refractivity contribution is 0.0893. The third-order valence-electron chi connectivity index (χ3n) is 3.49. The zero-order chi connectivity index (χ0) is 13.1. The summed E-state index contributed by atoms with van der Waals surface area (Å²) < 4.78 is 5.41. The number of Topliss-reactive ketones (excluding diaryl/α,β-unsaturated/α-hetero) is 1. The molecular weight excluding hydrogens is 228 g/mol. The molecule has 2 N–H and O–H groups in total. The van der Waals surface area contributed by atoms with Crippen LogP contribution in [0.5, 0.6) is 0 Å². The molecule has 0 bridgehead atoms. The number of nitrogens with zero attached hydrogens (tertiary/aromatic N) is 1. The number of hydrogen-bond donors (Lipinski definition) is 1. The van der Waals surface area contributed by atoms with Crippen LogP contribution >= 0.6 is 0 Å². The normalized spacial score (nSPS) is 19.9. The Balaban J connectivity index is 2.18. The van der Waals surface area contributed by atoms with Crippen LogP contribution in [-0.2, 0) is 4.74 Å². The first-order valence-electron chi connectivity index (χ1n) is 6.30. The summed E-state index contributed by atoms with van der Waals surface area (Å²) in [4.78, 5) is 13.6. The van der Waals surface area contributed by atoms with Gasteiger partial charge in [0.05, 0.1) is 6.10 Å². The van der Waals surface area contributed by atoms with E-state index in [1.807, 2.05) is 18.2 Å². The fourth-order valence-electron chi connectivity index (χ4n) is 2.43. The molecule has 1 unspecified atom stereocenters. The third-order valence-corrected chi connectivity index (χ3v) is 3.49. The molecule has 1 fully saturated rings. The Bertz CT molecular complexity index is 445. The Hall–Kier alpha value is -1.55. The van der Waals surface area contributed by atoms with E-state index in [9.17, 15) is 4.79 Å². The average Bonchev–Trinajstić information content (AvgIpc) is 2.38. The minimum absolute atomic E-state index is 0.00691. The van der Waals surface area contributed by atoms with E-state index in [-0.39, 0.29) is 11.9 Å². The van der Waals surface area contributed by atoms with Gasteiger partial charge in [-0.05, 0) is 38.0 Å². The number of anilines is 2. The predicted octanol–water partition coefficient (Wildman–Crippen LogP) is 2.09. The lowest BCUT2D eigenvalue weighted by Gasteiger charge is -2.33. The van der Waals surface area contributed by atoms with Crippen LogP contribution in [0.4, 0.5) is 11.4 Å². The van der Waals surface area contributed by atoms with E-state index in [1.54, 1.807) is 7.11 Å². The van der Waals surface area contributed by atoms with Crippen molar-refractivity contribution in [2.45, 2.75) is 25.9 Å². The molecule has 1 aliphatic rings. The van der Waals surface area contributed by atoms with Crippen LogP contribution in [0.1, 0.15) is 30.1 Å². The SMILES string of the molecule is COC1CCCN(c2ccc(C(C)=O)c(N)c2)C1. The zero-order valence-electron chi connectivity index (χ0n) is 11.0. The monoisotopic (exact) mass is 248 g/mol. The first kappa shape index (κ1) is 12.9. The molecule has 18 heavy (non-hydrogen) atoms. The molecule has 0 amide bonds. The van der Waals surface area contributed by atoms with Crippen molar-refractivity contribution >= 4 is 17.2 Å². The van der Waals surface area contributed by atoms with E-state index >= 15 is 0 Å². The van der Waals surface area contributed by atoms with Gasteiger partial charge >= 0.3 is 0 Å². The summed E-state index contributed by atoms with van der Waals surface area (Å²) in [5.41, 5.74) is 8.14. The topological polar surface area (TPSA) is 55.6 Å². The van der Waals surface area contributed by atoms with Crippen LogP contribution in [0.3, 0.4) is 0 Å². The Kier molecular flexibility index (Phi) is 3.87. The molecule has 1 saturated heterocycles. The van der Waals surface area contributed by atoms with Crippen LogP contribution in [0.15, 0.2) is 18.2 Å². The first-order chi connectivity index (χ1) is 8.61. The van der Waals surface area contributed by atoms with Crippen molar-refractivity contribution in [1.29, 1.82) is 0 Å². The second kappa shape index (κ2) is 5.40. The van der Waals surface area contributed by atoms with Gasteiger partial charge in [-0.2, -0.15) is 0 Å². The van der Waals surface area contributed by atoms with E-state index < -0.39 is 0 Å². The van der Waals surface area contributed by atoms with Gasteiger partial charge in [-0.3, -0.25) is 4.79 Å². The number of hydrogen-bond acceptors (Lipinski definition) is 4. The number of carbonyl (C=O) groups excluding carboxylic acids is 1. The molecule has 4 heteroatoms. The van der Waals surface area contributed by atoms with E-state index in [4.69, 9.17) is 10.5 Å². The second-order valence-electron chi connectivity index (χ2n) is 4.77. The molecule has 0 aliphatic carbocycles. The smallest absolute Gasteiger partial charge is 0.161 e. The molecule has 98 valence electrons. The second-order valence-corrected chi connectivity index (χ2v) is 4.77. The molecule has 1 heterocycles. The van der Waals surface area contributed by atoms with E-state index in [2.05, 4.69) is 4.90 Å². The lowest BCUT2D eigenvalue weighted by Crippen LogP contribution is -2.39. The van der Waals surface area contributed by atoms with Crippen molar-refractivity contribution in [3.05, 3.63) is 23.8 Å². The van der Waals surface area contributed by atoms with Crippen molar-refractivity contribution in [3.8, 4) is 0 Å². The third kappa shape index (κ3) is 2.64. The van der Waals surface area contributed by atoms with Crippen molar-refractivity contribution in [2.75, 3.05) is 30.8 Å². The van der Waals surface area contributed by atoms with Crippen LogP contribution in [0.25, 0.3) is 0 Å². The standard InChI is InChI=1S/C14H20N2O2/c1-10(17)13-6-5-11(8-14(13)15)16-7-3-4-12(9-16)18-2/h5-6,8,12H,3-4,7,9,15H2,1-2H3. The Morgan fingerprint density at radius 3 is 2.89 bits per heavy atom. The fraction of sp³-hybridized carbons (Fsp3) is 0.500. The minimum Gasteiger partial charge on any atom is -0.398 e. The summed E-state index contributed by atoms with van der Waals surface area (Å²) >= 11 is 0. The maximum absolute atomic E-state index is 11.3. The Labute approximate surface area is 108 Å². The number of methoxy groups -OCH3 is 1. The Morgan fingerprint density at radius 2 is 2.28 bits per heavy atom. The van der Waals surface area contributed by atoms with Gasteiger partial charge in [0.1, 0.15) is 0 Å². The first-order valence-corrected chi connectivity index (χ1v) is 6.30. The maximum Gasteiger partial charge on any atom is 0.161 e. The van der Waals surface area contributed by atoms with E-state index in [0.29, 0.717) is 11.3 Å². The average molecular weight is 248 g/mol. The van der Waals surface area contributed by atoms with Gasteiger partial charge < -0.3 is 15.4 Å². The summed E-state index contributed by atoms with van der Waals surface area (Å²) in [7, 11) is 1.75. The molecule has 4 nitrogen and oxygen atoms in total. The summed E-state index contributed by atoms with van der Waals surface area (Å²) in [6, 6.07) is 5.66. The van der Waals surface area contributed by atoms with Crippen molar-refractivity contribution in [2.24, 2.45) is 0 Å². The van der Waals surface area contributed by atoms with Crippen LogP contribution in [0, 0.1) is 0 Å². The largest absolute Gasteiger partial charge is 0.398 e. The van der Waals surface area contributed by atoms with Gasteiger partial charge in [0.15, 0.2) is 5.78 Å². The summed E-state index contributed by atoms with van der Waals surface area (Å²) in [5, 5.41) is 0. The summed E-state index contributed by atoms with van der Waals surface area (Å²) in [6.45, 7) is 3.43. The molecule has 2 rings (SSSR count). The number of ketones is 1. The Morgan fingerprint density at radius 1 is 1.50 bits per heavy atom. The van der Waals surface area contributed by atoms with Gasteiger partial charge in [0.2, 0.25) is 0 Å². The van der Waals surface area contributed by atoms with Crippen molar-refractivity contribution < 1.29 is 9.53 Å². The quantitative estimate of drug-likeness (QED) is 0.657. The van der Waals surface area contributed by atoms with Crippen molar-refractivity contribution in [1.82, 2.24) is 0 Å².